The summed E-state index contributed by atoms with van der Waals surface area (Å²) in [6, 6.07) is 13.0. The summed E-state index contributed by atoms with van der Waals surface area (Å²) in [6.07, 6.45) is 4.19. The van der Waals surface area contributed by atoms with E-state index in [0.717, 1.165) is 30.7 Å². The van der Waals surface area contributed by atoms with Gasteiger partial charge in [0.2, 0.25) is 11.7 Å². The summed E-state index contributed by atoms with van der Waals surface area (Å²) in [5.41, 5.74) is 1.42. The Hall–Kier alpha value is -3.42. The van der Waals surface area contributed by atoms with Crippen LogP contribution in [-0.2, 0) is 0 Å². The fraction of sp³-hybridized carbons (Fsp3) is 0.364. The number of hydrogen-bond donors (Lipinski definition) is 1. The Labute approximate surface area is 175 Å². The van der Waals surface area contributed by atoms with Crippen LogP contribution in [0.4, 0.5) is 10.5 Å². The third-order valence-electron chi connectivity index (χ3n) is 5.03. The van der Waals surface area contributed by atoms with Crippen molar-refractivity contribution < 1.29 is 14.1 Å². The van der Waals surface area contributed by atoms with Gasteiger partial charge in [0, 0.05) is 37.0 Å². The second-order valence-electron chi connectivity index (χ2n) is 7.24. The number of ether oxygens (including phenoxy) is 1. The standard InChI is InChI=1S/C22H25N5O3/c1-2-14-29-18-7-5-6-17(15-18)24-22(28)27-12-9-16(10-13-27)21-25-20(26-30-21)19-8-3-4-11-23-19/h3-8,11,15-16H,2,9-10,12-14H2,1H3,(H,24,28). The van der Waals surface area contributed by atoms with E-state index in [0.29, 0.717) is 37.1 Å². The van der Waals surface area contributed by atoms with Gasteiger partial charge in [0.05, 0.1) is 6.61 Å². The van der Waals surface area contributed by atoms with Crippen molar-refractivity contribution in [2.45, 2.75) is 32.1 Å². The number of amides is 2. The fourth-order valence-corrected chi connectivity index (χ4v) is 3.42. The van der Waals surface area contributed by atoms with E-state index in [2.05, 4.69) is 27.4 Å². The first kappa shape index (κ1) is 19.9. The first-order chi connectivity index (χ1) is 14.7. The molecule has 0 radical (unpaired) electrons. The molecule has 1 aromatic carbocycles. The summed E-state index contributed by atoms with van der Waals surface area (Å²) < 4.78 is 11.1. The number of carbonyl (C=O) groups excluding carboxylic acids is 1. The lowest BCUT2D eigenvalue weighted by Gasteiger charge is -2.30. The third-order valence-corrected chi connectivity index (χ3v) is 5.03. The minimum absolute atomic E-state index is 0.110. The molecule has 8 heteroatoms. The SMILES string of the molecule is CCCOc1cccc(NC(=O)N2CCC(c3nc(-c4ccccn4)no3)CC2)c1. The van der Waals surface area contributed by atoms with Crippen molar-refractivity contribution in [3.8, 4) is 17.3 Å². The zero-order valence-electron chi connectivity index (χ0n) is 17.0. The van der Waals surface area contributed by atoms with Crippen LogP contribution < -0.4 is 10.1 Å². The summed E-state index contributed by atoms with van der Waals surface area (Å²) in [6.45, 7) is 3.97. The average molecular weight is 407 g/mol. The molecule has 4 rings (SSSR count). The molecule has 8 nitrogen and oxygen atoms in total. The van der Waals surface area contributed by atoms with E-state index < -0.39 is 0 Å². The van der Waals surface area contributed by atoms with Gasteiger partial charge < -0.3 is 19.5 Å². The molecule has 2 amide bonds. The van der Waals surface area contributed by atoms with Crippen LogP contribution in [0, 0.1) is 0 Å². The molecule has 1 aliphatic heterocycles. The number of benzene rings is 1. The van der Waals surface area contributed by atoms with Gasteiger partial charge in [-0.2, -0.15) is 4.98 Å². The minimum atomic E-state index is -0.110. The molecule has 156 valence electrons. The molecular formula is C22H25N5O3. The lowest BCUT2D eigenvalue weighted by Crippen LogP contribution is -2.40. The van der Waals surface area contributed by atoms with Crippen LogP contribution in [0.15, 0.2) is 53.2 Å². The summed E-state index contributed by atoms with van der Waals surface area (Å²) in [5, 5.41) is 7.00. The topological polar surface area (TPSA) is 93.4 Å². The Kier molecular flexibility index (Phi) is 6.22. The Morgan fingerprint density at radius 3 is 2.87 bits per heavy atom. The van der Waals surface area contributed by atoms with Gasteiger partial charge in [0.15, 0.2) is 0 Å². The Balaban J connectivity index is 1.31. The predicted molar refractivity (Wildman–Crippen MR) is 112 cm³/mol. The number of aromatic nitrogens is 3. The largest absolute Gasteiger partial charge is 0.494 e. The average Bonchev–Trinajstić information content (AvgIpc) is 3.29. The Morgan fingerprint density at radius 1 is 1.23 bits per heavy atom. The molecule has 3 aromatic rings. The Bertz CT molecular complexity index is 968. The molecule has 0 spiro atoms. The van der Waals surface area contributed by atoms with Crippen LogP contribution in [0.3, 0.4) is 0 Å². The molecule has 30 heavy (non-hydrogen) atoms. The van der Waals surface area contributed by atoms with Crippen LogP contribution in [0.5, 0.6) is 5.75 Å². The second-order valence-corrected chi connectivity index (χ2v) is 7.24. The van der Waals surface area contributed by atoms with Crippen LogP contribution in [-0.4, -0.2) is 45.8 Å². The molecule has 0 saturated carbocycles. The number of anilines is 1. The first-order valence-corrected chi connectivity index (χ1v) is 10.3. The number of nitrogens with zero attached hydrogens (tertiary/aromatic N) is 4. The van der Waals surface area contributed by atoms with Crippen molar-refractivity contribution in [3.05, 3.63) is 54.6 Å². The number of urea groups is 1. The molecule has 0 aliphatic carbocycles. The van der Waals surface area contributed by atoms with Gasteiger partial charge in [-0.25, -0.2) is 4.79 Å². The van der Waals surface area contributed by atoms with E-state index in [1.54, 1.807) is 6.20 Å². The van der Waals surface area contributed by atoms with E-state index in [4.69, 9.17) is 9.26 Å². The van der Waals surface area contributed by atoms with Gasteiger partial charge >= 0.3 is 6.03 Å². The maximum absolute atomic E-state index is 12.6. The van der Waals surface area contributed by atoms with Crippen molar-refractivity contribution in [2.75, 3.05) is 25.0 Å². The highest BCUT2D eigenvalue weighted by molar-refractivity contribution is 5.89. The van der Waals surface area contributed by atoms with Gasteiger partial charge in [0.25, 0.3) is 0 Å². The number of hydrogen-bond acceptors (Lipinski definition) is 6. The third kappa shape index (κ3) is 4.76. The van der Waals surface area contributed by atoms with Gasteiger partial charge in [-0.1, -0.05) is 24.2 Å². The van der Waals surface area contributed by atoms with Crippen molar-refractivity contribution in [1.29, 1.82) is 0 Å². The van der Waals surface area contributed by atoms with E-state index in [9.17, 15) is 4.79 Å². The fourth-order valence-electron chi connectivity index (χ4n) is 3.42. The summed E-state index contributed by atoms with van der Waals surface area (Å²) in [4.78, 5) is 23.2. The highest BCUT2D eigenvalue weighted by Gasteiger charge is 2.28. The number of carbonyl (C=O) groups is 1. The zero-order valence-corrected chi connectivity index (χ0v) is 17.0. The zero-order chi connectivity index (χ0) is 20.8. The lowest BCUT2D eigenvalue weighted by molar-refractivity contribution is 0.187. The number of pyridine rings is 1. The highest BCUT2D eigenvalue weighted by atomic mass is 16.5. The van der Waals surface area contributed by atoms with Crippen LogP contribution >= 0.6 is 0 Å². The lowest BCUT2D eigenvalue weighted by atomic mass is 9.97. The first-order valence-electron chi connectivity index (χ1n) is 10.3. The van der Waals surface area contributed by atoms with Crippen LogP contribution in [0.2, 0.25) is 0 Å². The van der Waals surface area contributed by atoms with E-state index in [1.807, 2.05) is 47.4 Å². The van der Waals surface area contributed by atoms with Crippen molar-refractivity contribution in [1.82, 2.24) is 20.0 Å². The molecule has 2 aromatic heterocycles. The highest BCUT2D eigenvalue weighted by Crippen LogP contribution is 2.28. The van der Waals surface area contributed by atoms with E-state index in [-0.39, 0.29) is 11.9 Å². The molecule has 0 bridgehead atoms. The Morgan fingerprint density at radius 2 is 2.10 bits per heavy atom. The van der Waals surface area contributed by atoms with Crippen molar-refractivity contribution in [3.63, 3.8) is 0 Å². The number of rotatable bonds is 6. The van der Waals surface area contributed by atoms with Gasteiger partial charge in [-0.3, -0.25) is 4.98 Å². The van der Waals surface area contributed by atoms with Crippen molar-refractivity contribution in [2.24, 2.45) is 0 Å². The maximum Gasteiger partial charge on any atom is 0.321 e. The van der Waals surface area contributed by atoms with Crippen LogP contribution in [0.25, 0.3) is 11.5 Å². The molecule has 1 aliphatic rings. The van der Waals surface area contributed by atoms with Crippen molar-refractivity contribution >= 4 is 11.7 Å². The molecule has 1 saturated heterocycles. The van der Waals surface area contributed by atoms with E-state index in [1.165, 1.54) is 0 Å². The van der Waals surface area contributed by atoms with E-state index >= 15 is 0 Å². The minimum Gasteiger partial charge on any atom is -0.494 e. The summed E-state index contributed by atoms with van der Waals surface area (Å²) >= 11 is 0. The molecule has 0 unspecified atom stereocenters. The number of nitrogens with one attached hydrogen (secondary N) is 1. The number of likely N-dealkylation sites (tertiary alicyclic amines) is 1. The predicted octanol–water partition coefficient (Wildman–Crippen LogP) is 4.33. The number of piperidine rings is 1. The summed E-state index contributed by atoms with van der Waals surface area (Å²) in [5.74, 6) is 2.01. The monoisotopic (exact) mass is 407 g/mol. The summed E-state index contributed by atoms with van der Waals surface area (Å²) in [7, 11) is 0. The smallest absolute Gasteiger partial charge is 0.321 e. The van der Waals surface area contributed by atoms with Crippen LogP contribution in [0.1, 0.15) is 38.0 Å². The molecule has 1 N–H and O–H groups in total. The normalized spacial score (nSPS) is 14.5. The quantitative estimate of drug-likeness (QED) is 0.654. The maximum atomic E-state index is 12.6. The molecule has 3 heterocycles. The molecular weight excluding hydrogens is 382 g/mol. The van der Waals surface area contributed by atoms with Gasteiger partial charge in [0.1, 0.15) is 11.4 Å². The molecule has 0 atom stereocenters. The van der Waals surface area contributed by atoms with Gasteiger partial charge in [-0.05, 0) is 43.5 Å². The second kappa shape index (κ2) is 9.39. The van der Waals surface area contributed by atoms with Gasteiger partial charge in [-0.15, -0.1) is 0 Å². The molecule has 1 fully saturated rings.